The van der Waals surface area contributed by atoms with Gasteiger partial charge in [0.25, 0.3) is 0 Å². The number of carbonyl (C=O) groups is 1. The van der Waals surface area contributed by atoms with E-state index >= 15 is 0 Å². The molecule has 0 amide bonds. The summed E-state index contributed by atoms with van der Waals surface area (Å²) in [5.74, 6) is -1.06. The van der Waals surface area contributed by atoms with E-state index in [-0.39, 0.29) is 12.2 Å². The van der Waals surface area contributed by atoms with Crippen molar-refractivity contribution in [3.63, 3.8) is 0 Å². The van der Waals surface area contributed by atoms with Gasteiger partial charge in [0.2, 0.25) is 0 Å². The van der Waals surface area contributed by atoms with Gasteiger partial charge in [-0.15, -0.1) is 0 Å². The van der Waals surface area contributed by atoms with Crippen LogP contribution in [0.1, 0.15) is 27.3 Å². The smallest absolute Gasteiger partial charge is 0.356 e. The van der Waals surface area contributed by atoms with Crippen molar-refractivity contribution < 1.29 is 9.90 Å². The average molecular weight is 398 g/mol. The predicted molar refractivity (Wildman–Crippen MR) is 106 cm³/mol. The van der Waals surface area contributed by atoms with Crippen molar-refractivity contribution in [2.75, 3.05) is 0 Å². The number of carboxylic acid groups (broad SMARTS) is 1. The monoisotopic (exact) mass is 397 g/mol. The van der Waals surface area contributed by atoms with Crippen LogP contribution in [-0.2, 0) is 6.54 Å². The van der Waals surface area contributed by atoms with Gasteiger partial charge in [-0.05, 0) is 29.8 Å². The number of aromatic carboxylic acids is 1. The first-order valence-corrected chi connectivity index (χ1v) is 8.87. The largest absolute Gasteiger partial charge is 0.476 e. The molecule has 1 aliphatic rings. The average Bonchev–Trinajstić information content (AvgIpc) is 3.02. The molecule has 7 heteroatoms. The summed E-state index contributed by atoms with van der Waals surface area (Å²) in [5.41, 5.74) is 3.93. The first-order chi connectivity index (χ1) is 13.0. The van der Waals surface area contributed by atoms with Crippen molar-refractivity contribution in [1.29, 1.82) is 0 Å². The Hall–Kier alpha value is -2.89. The molecule has 1 N–H and O–H groups in total. The van der Waals surface area contributed by atoms with Crippen LogP contribution in [0.4, 0.5) is 0 Å². The molecule has 0 unspecified atom stereocenters. The van der Waals surface area contributed by atoms with Gasteiger partial charge in [-0.25, -0.2) is 9.78 Å². The number of halogens is 2. The number of carboxylic acids is 1. The highest BCUT2D eigenvalue weighted by atomic mass is 35.5. The van der Waals surface area contributed by atoms with E-state index in [9.17, 15) is 9.90 Å². The summed E-state index contributed by atoms with van der Waals surface area (Å²) in [5, 5.41) is 10.4. The number of nitrogens with zero attached hydrogens (tertiary/aromatic N) is 3. The second kappa shape index (κ2) is 7.02. The Morgan fingerprint density at radius 1 is 1.11 bits per heavy atom. The van der Waals surface area contributed by atoms with Crippen LogP contribution in [0.2, 0.25) is 10.0 Å². The van der Waals surface area contributed by atoms with Crippen LogP contribution >= 0.6 is 23.2 Å². The van der Waals surface area contributed by atoms with Crippen molar-refractivity contribution >= 4 is 41.0 Å². The van der Waals surface area contributed by atoms with Crippen molar-refractivity contribution in [3.8, 4) is 5.69 Å². The standard InChI is InChI=1S/C20H13Cl2N3O2/c21-14-7-5-12(9-15(14)22)6-8-16-13-3-1-2-4-17(13)25-11-24-19(20(26)27)18(25)10-23-16/h1-9,11H,10H2,(H,26,27)/b8-6+. The quantitative estimate of drug-likeness (QED) is 0.683. The molecule has 134 valence electrons. The van der Waals surface area contributed by atoms with E-state index in [1.165, 1.54) is 6.33 Å². The molecule has 0 bridgehead atoms. The van der Waals surface area contributed by atoms with Gasteiger partial charge in [0.05, 0.1) is 33.7 Å². The third kappa shape index (κ3) is 3.27. The SMILES string of the molecule is O=C(O)c1ncn2c1CN=C(/C=C/c1ccc(Cl)c(Cl)c1)c1ccccc1-2. The first kappa shape index (κ1) is 17.5. The lowest BCUT2D eigenvalue weighted by atomic mass is 10.1. The van der Waals surface area contributed by atoms with Gasteiger partial charge in [0, 0.05) is 5.56 Å². The number of allylic oxidation sites excluding steroid dienone is 1. The second-order valence-electron chi connectivity index (χ2n) is 5.94. The zero-order valence-corrected chi connectivity index (χ0v) is 15.4. The summed E-state index contributed by atoms with van der Waals surface area (Å²) < 4.78 is 1.78. The van der Waals surface area contributed by atoms with E-state index in [0.717, 1.165) is 22.5 Å². The zero-order chi connectivity index (χ0) is 19.0. The number of rotatable bonds is 3. The van der Waals surface area contributed by atoms with Crippen molar-refractivity contribution in [2.24, 2.45) is 4.99 Å². The molecule has 0 fully saturated rings. The highest BCUT2D eigenvalue weighted by Gasteiger charge is 2.22. The first-order valence-electron chi connectivity index (χ1n) is 8.11. The Morgan fingerprint density at radius 3 is 2.70 bits per heavy atom. The van der Waals surface area contributed by atoms with Crippen LogP contribution in [0.25, 0.3) is 11.8 Å². The highest BCUT2D eigenvalue weighted by Crippen LogP contribution is 2.26. The van der Waals surface area contributed by atoms with Crippen LogP contribution in [0.3, 0.4) is 0 Å². The van der Waals surface area contributed by atoms with Crippen molar-refractivity contribution in [3.05, 3.63) is 87.4 Å². The van der Waals surface area contributed by atoms with Gasteiger partial charge in [0.15, 0.2) is 5.69 Å². The Bertz CT molecular complexity index is 1120. The Kier molecular flexibility index (Phi) is 4.56. The fourth-order valence-electron chi connectivity index (χ4n) is 2.99. The molecule has 0 radical (unpaired) electrons. The topological polar surface area (TPSA) is 67.5 Å². The lowest BCUT2D eigenvalue weighted by Gasteiger charge is -2.09. The highest BCUT2D eigenvalue weighted by molar-refractivity contribution is 6.42. The summed E-state index contributed by atoms with van der Waals surface area (Å²) in [6.07, 6.45) is 5.31. The second-order valence-corrected chi connectivity index (χ2v) is 6.75. The van der Waals surface area contributed by atoms with E-state index in [2.05, 4.69) is 9.98 Å². The minimum absolute atomic E-state index is 0.0169. The number of benzene rings is 2. The summed E-state index contributed by atoms with van der Waals surface area (Å²) >= 11 is 12.0. The number of hydrogen-bond donors (Lipinski definition) is 1. The van der Waals surface area contributed by atoms with E-state index in [0.29, 0.717) is 15.7 Å². The third-order valence-electron chi connectivity index (χ3n) is 4.29. The van der Waals surface area contributed by atoms with E-state index in [1.54, 1.807) is 16.7 Å². The van der Waals surface area contributed by atoms with Crippen LogP contribution in [-0.4, -0.2) is 26.3 Å². The normalized spacial score (nSPS) is 13.0. The third-order valence-corrected chi connectivity index (χ3v) is 5.02. The van der Waals surface area contributed by atoms with E-state index < -0.39 is 5.97 Å². The molecule has 2 heterocycles. The molecule has 5 nitrogen and oxygen atoms in total. The van der Waals surface area contributed by atoms with Gasteiger partial charge in [-0.2, -0.15) is 0 Å². The fourth-order valence-corrected chi connectivity index (χ4v) is 3.30. The summed E-state index contributed by atoms with van der Waals surface area (Å²) in [7, 11) is 0. The number of para-hydroxylation sites is 1. The van der Waals surface area contributed by atoms with Gasteiger partial charge in [-0.3, -0.25) is 9.56 Å². The molecule has 3 aromatic rings. The number of imidazole rings is 1. The number of aliphatic imine (C=N–C) groups is 1. The molecule has 0 spiro atoms. The summed E-state index contributed by atoms with van der Waals surface area (Å²) in [6.45, 7) is 0.220. The van der Waals surface area contributed by atoms with Gasteiger partial charge in [0.1, 0.15) is 6.33 Å². The Morgan fingerprint density at radius 2 is 1.93 bits per heavy atom. The molecule has 0 saturated carbocycles. The maximum absolute atomic E-state index is 11.4. The molecule has 0 atom stereocenters. The Balaban J connectivity index is 1.78. The molecule has 2 aromatic carbocycles. The van der Waals surface area contributed by atoms with Crippen LogP contribution < -0.4 is 0 Å². The molecule has 27 heavy (non-hydrogen) atoms. The van der Waals surface area contributed by atoms with Crippen LogP contribution in [0, 0.1) is 0 Å². The van der Waals surface area contributed by atoms with Crippen molar-refractivity contribution in [2.45, 2.75) is 6.54 Å². The number of aromatic nitrogens is 2. The molecule has 4 rings (SSSR count). The van der Waals surface area contributed by atoms with Gasteiger partial charge in [-0.1, -0.05) is 53.5 Å². The van der Waals surface area contributed by atoms with Crippen molar-refractivity contribution in [1.82, 2.24) is 9.55 Å². The maximum atomic E-state index is 11.4. The summed E-state index contributed by atoms with van der Waals surface area (Å²) in [4.78, 5) is 20.1. The lowest BCUT2D eigenvalue weighted by Crippen LogP contribution is -2.05. The van der Waals surface area contributed by atoms with Gasteiger partial charge < -0.3 is 5.11 Å². The predicted octanol–water partition coefficient (Wildman–Crippen LogP) is 4.89. The number of fused-ring (bicyclic) bond motifs is 3. The molecule has 1 aromatic heterocycles. The molecule has 0 saturated heterocycles. The summed E-state index contributed by atoms with van der Waals surface area (Å²) in [6, 6.07) is 13.1. The fraction of sp³-hybridized carbons (Fsp3) is 0.0500. The number of hydrogen-bond acceptors (Lipinski definition) is 3. The molecular formula is C20H13Cl2N3O2. The maximum Gasteiger partial charge on any atom is 0.356 e. The molecule has 1 aliphatic heterocycles. The van der Waals surface area contributed by atoms with Crippen LogP contribution in [0.15, 0.2) is 59.9 Å². The van der Waals surface area contributed by atoms with Gasteiger partial charge >= 0.3 is 5.97 Å². The minimum atomic E-state index is -1.06. The zero-order valence-electron chi connectivity index (χ0n) is 13.9. The van der Waals surface area contributed by atoms with E-state index in [4.69, 9.17) is 23.2 Å². The molecule has 0 aliphatic carbocycles. The van der Waals surface area contributed by atoms with E-state index in [1.807, 2.05) is 42.5 Å². The minimum Gasteiger partial charge on any atom is -0.476 e. The molecular weight excluding hydrogens is 385 g/mol. The Labute approximate surface area is 165 Å². The lowest BCUT2D eigenvalue weighted by molar-refractivity contribution is 0.0689. The van der Waals surface area contributed by atoms with Crippen LogP contribution in [0.5, 0.6) is 0 Å².